The van der Waals surface area contributed by atoms with Crippen molar-refractivity contribution in [3.05, 3.63) is 168 Å². The first-order valence-corrected chi connectivity index (χ1v) is 17.2. The van der Waals surface area contributed by atoms with Gasteiger partial charge in [0.05, 0.1) is 22.1 Å². The van der Waals surface area contributed by atoms with Gasteiger partial charge in [-0.3, -0.25) is 19.9 Å². The molecule has 8 aromatic rings. The van der Waals surface area contributed by atoms with E-state index in [1.807, 2.05) is 24.3 Å². The third-order valence-electron chi connectivity index (χ3n) is 8.07. The molecule has 0 saturated carbocycles. The van der Waals surface area contributed by atoms with Crippen molar-refractivity contribution in [1.29, 1.82) is 0 Å². The topological polar surface area (TPSA) is 464 Å². The molecule has 66 heavy (non-hydrogen) atoms. The number of benzene rings is 4. The average Bonchev–Trinajstić information content (AvgIpc) is 3.18. The van der Waals surface area contributed by atoms with E-state index in [4.69, 9.17) is 0 Å². The minimum atomic E-state index is -1.18. The molecular weight excluding hydrogens is 971 g/mol. The Morgan fingerprint density at radius 3 is 0.697 bits per heavy atom. The number of rotatable bonds is 8. The number of nitrogens with zero attached hydrogens (tertiary/aromatic N) is 4. The third kappa shape index (κ3) is 21.8. The first-order valence-electron chi connectivity index (χ1n) is 17.2. The summed E-state index contributed by atoms with van der Waals surface area (Å²) in [4.78, 5) is 58.4. The fourth-order valence-corrected chi connectivity index (χ4v) is 5.73. The summed E-state index contributed by atoms with van der Waals surface area (Å²) in [6, 6.07) is 37.0. The fraction of sp³-hybridized carbons (Fsp3) is 0.0909. The van der Waals surface area contributed by atoms with Gasteiger partial charge < -0.3 is 83.4 Å². The zero-order chi connectivity index (χ0) is 39.9. The van der Waals surface area contributed by atoms with Crippen LogP contribution in [-0.2, 0) is 83.8 Å². The number of hydrogen-bond donors (Lipinski definition) is 0. The van der Waals surface area contributed by atoms with Crippen LogP contribution in [0, 0.1) is 0 Å². The van der Waals surface area contributed by atoms with Crippen molar-refractivity contribution in [3.8, 4) is 0 Å². The van der Waals surface area contributed by atoms with Crippen LogP contribution in [0.2, 0.25) is 0 Å². The van der Waals surface area contributed by atoms with Gasteiger partial charge in [0.15, 0.2) is 0 Å². The Labute approximate surface area is 402 Å². The minimum absolute atomic E-state index is 0. The predicted octanol–water partition coefficient (Wildman–Crippen LogP) is -4.49. The Morgan fingerprint density at radius 1 is 0.318 bits per heavy atom. The van der Waals surface area contributed by atoms with E-state index in [-0.39, 0.29) is 108 Å². The number of carbonyl (C=O) groups excluding carboxylic acids is 4. The Bertz CT molecular complexity index is 2320. The molecule has 0 spiro atoms. The van der Waals surface area contributed by atoms with E-state index in [0.29, 0.717) is 22.3 Å². The number of hydrogen-bond acceptors (Lipinski definition) is 12. The number of carboxylic acids is 4. The van der Waals surface area contributed by atoms with E-state index in [1.54, 1.807) is 61.2 Å². The summed E-state index contributed by atoms with van der Waals surface area (Å²) in [7, 11) is 0. The van der Waals surface area contributed by atoms with Crippen LogP contribution in [0.3, 0.4) is 0 Å². The van der Waals surface area contributed by atoms with E-state index in [9.17, 15) is 39.6 Å². The molecule has 4 heterocycles. The van der Waals surface area contributed by atoms with Gasteiger partial charge in [-0.05, 0) is 46.5 Å². The van der Waals surface area contributed by atoms with Crippen molar-refractivity contribution in [2.75, 3.05) is 0 Å². The van der Waals surface area contributed by atoms with Gasteiger partial charge in [-0.15, -0.1) is 0 Å². The molecule has 0 aliphatic rings. The van der Waals surface area contributed by atoms with Gasteiger partial charge in [0, 0.05) is 95.9 Å². The van der Waals surface area contributed by atoms with E-state index >= 15 is 0 Å². The van der Waals surface area contributed by atoms with Crippen LogP contribution in [0.25, 0.3) is 43.6 Å². The van der Waals surface area contributed by atoms with Crippen LogP contribution in [0.1, 0.15) is 22.3 Å². The number of aromatic nitrogens is 4. The zero-order valence-electron chi connectivity index (χ0n) is 35.2. The standard InChI is InChI=1S/2C12H8N2.2C10H10O4.8H2O.2Zn/c2*1-3-9-5-6-10-4-2-8-14-12(10)11(9)13-7-1;2*11-9(12)5-7-2-1-3-8(4-7)6-10(13)14;;;;;;;;;;/h2*1-8H;2*1-4H,5-6H2,(H,11,12)(H,13,14);8*1H2;;/q;;;;;;;;;;;;2*+2/p-4. The molecule has 22 heteroatoms. The number of aliphatic carboxylic acids is 4. The SMILES string of the molecule is O.O.O.O.O.O.O.O.O=C([O-])Cc1cccc(CC(=O)[O-])c1.O=C([O-])Cc1cccc(CC(=O)[O-])c1.[Zn+2].[Zn+2].c1cnc2c(c1)ccc1cccnc12.c1cnc2c(c1)ccc1cccnc12. The molecule has 0 amide bonds. The molecule has 20 nitrogen and oxygen atoms in total. The molecule has 0 saturated heterocycles. The second kappa shape index (κ2) is 35.6. The van der Waals surface area contributed by atoms with E-state index in [0.717, 1.165) is 43.6 Å². The van der Waals surface area contributed by atoms with Crippen LogP contribution in [0.5, 0.6) is 0 Å². The second-order valence-corrected chi connectivity index (χ2v) is 12.3. The molecule has 344 valence electrons. The molecule has 0 radical (unpaired) electrons. The molecule has 0 unspecified atom stereocenters. The molecule has 0 bridgehead atoms. The molecule has 0 atom stereocenters. The summed E-state index contributed by atoms with van der Waals surface area (Å²) < 4.78 is 0. The number of carboxylic acid groups (broad SMARTS) is 4. The molecular formula is C44H48N4O16Zn2. The smallest absolute Gasteiger partial charge is 0.550 e. The largest absolute Gasteiger partial charge is 2.00 e. The van der Waals surface area contributed by atoms with Crippen molar-refractivity contribution in [3.63, 3.8) is 0 Å². The summed E-state index contributed by atoms with van der Waals surface area (Å²) in [5.74, 6) is -4.74. The Hall–Kier alpha value is -6.67. The zero-order valence-corrected chi connectivity index (χ0v) is 41.1. The third-order valence-corrected chi connectivity index (χ3v) is 8.07. The minimum Gasteiger partial charge on any atom is -0.550 e. The molecule has 0 fully saturated rings. The van der Waals surface area contributed by atoms with Gasteiger partial charge in [-0.25, -0.2) is 0 Å². The van der Waals surface area contributed by atoms with E-state index < -0.39 is 23.9 Å². The van der Waals surface area contributed by atoms with Gasteiger partial charge in [-0.1, -0.05) is 97.1 Å². The van der Waals surface area contributed by atoms with Gasteiger partial charge in [0.25, 0.3) is 0 Å². The van der Waals surface area contributed by atoms with E-state index in [1.165, 1.54) is 12.1 Å². The first kappa shape index (κ1) is 71.0. The molecule has 4 aromatic heterocycles. The monoisotopic (exact) mass is 1020 g/mol. The fourth-order valence-electron chi connectivity index (χ4n) is 5.73. The number of carbonyl (C=O) groups is 4. The Morgan fingerprint density at radius 2 is 0.515 bits per heavy atom. The quantitative estimate of drug-likeness (QED) is 0.103. The molecule has 8 rings (SSSR count). The normalized spacial score (nSPS) is 8.73. The Kier molecular flexibility index (Phi) is 38.3. The average molecular weight is 1020 g/mol. The second-order valence-electron chi connectivity index (χ2n) is 12.3. The van der Waals surface area contributed by atoms with Crippen LogP contribution >= 0.6 is 0 Å². The molecule has 0 aliphatic carbocycles. The van der Waals surface area contributed by atoms with Crippen molar-refractivity contribution >= 4 is 67.5 Å². The summed E-state index contributed by atoms with van der Waals surface area (Å²) in [6.07, 6.45) is 6.38. The van der Waals surface area contributed by atoms with E-state index in [2.05, 4.69) is 68.5 Å². The van der Waals surface area contributed by atoms with Crippen molar-refractivity contribution in [2.45, 2.75) is 25.7 Å². The van der Waals surface area contributed by atoms with Crippen LogP contribution < -0.4 is 20.4 Å². The van der Waals surface area contributed by atoms with Crippen LogP contribution in [0.15, 0.2) is 146 Å². The number of pyridine rings is 4. The van der Waals surface area contributed by atoms with Gasteiger partial charge >= 0.3 is 39.0 Å². The summed E-state index contributed by atoms with van der Waals surface area (Å²) >= 11 is 0. The molecule has 0 aliphatic heterocycles. The maximum atomic E-state index is 10.3. The maximum Gasteiger partial charge on any atom is 2.00 e. The van der Waals surface area contributed by atoms with Crippen molar-refractivity contribution < 1.29 is 122 Å². The molecule has 16 N–H and O–H groups in total. The summed E-state index contributed by atoms with van der Waals surface area (Å²) in [5, 5.41) is 45.6. The van der Waals surface area contributed by atoms with Crippen LogP contribution in [0.4, 0.5) is 0 Å². The van der Waals surface area contributed by atoms with Gasteiger partial charge in [0.1, 0.15) is 0 Å². The van der Waals surface area contributed by atoms with Gasteiger partial charge in [0.2, 0.25) is 0 Å². The maximum absolute atomic E-state index is 10.3. The van der Waals surface area contributed by atoms with Crippen molar-refractivity contribution in [2.24, 2.45) is 0 Å². The number of fused-ring (bicyclic) bond motifs is 6. The summed E-state index contributed by atoms with van der Waals surface area (Å²) in [5.41, 5.74) is 6.03. The first-order chi connectivity index (χ1) is 27.0. The Balaban J connectivity index is -0.000000173. The van der Waals surface area contributed by atoms with Crippen LogP contribution in [-0.4, -0.2) is 87.6 Å². The van der Waals surface area contributed by atoms with Crippen molar-refractivity contribution in [1.82, 2.24) is 19.9 Å². The van der Waals surface area contributed by atoms with Gasteiger partial charge in [-0.2, -0.15) is 0 Å². The molecule has 4 aromatic carbocycles. The predicted molar refractivity (Wildman–Crippen MR) is 231 cm³/mol. The summed E-state index contributed by atoms with van der Waals surface area (Å²) in [6.45, 7) is 0.